The minimum Gasteiger partial charge on any atom is -0.462 e. The number of hydrogen-bond acceptors (Lipinski definition) is 3. The highest BCUT2D eigenvalue weighted by molar-refractivity contribution is 6.00. The molecule has 0 spiro atoms. The number of carbonyl (C=O) groups is 2. The van der Waals surface area contributed by atoms with Crippen LogP contribution in [0.1, 0.15) is 17.3 Å². The molecule has 0 aliphatic carbocycles. The Bertz CT molecular complexity index is 735. The zero-order valence-electron chi connectivity index (χ0n) is 12.2. The molecule has 2 aromatic carbocycles. The molecule has 2 rings (SSSR count). The number of ether oxygens (including phenoxy) is 1. The van der Waals surface area contributed by atoms with Gasteiger partial charge in [0.05, 0.1) is 17.9 Å². The number of hydrogen-bond donors (Lipinski definition) is 2. The molecule has 0 atom stereocenters. The molecule has 0 aliphatic heterocycles. The maximum Gasteiger partial charge on any atom is 0.338 e. The summed E-state index contributed by atoms with van der Waals surface area (Å²) in [7, 11) is 0. The van der Waals surface area contributed by atoms with Gasteiger partial charge in [-0.3, -0.25) is 0 Å². The third-order valence-corrected chi connectivity index (χ3v) is 2.81. The monoisotopic (exact) mass is 320 g/mol. The average Bonchev–Trinajstić information content (AvgIpc) is 2.50. The number of rotatable bonds is 4. The Morgan fingerprint density at radius 3 is 2.57 bits per heavy atom. The predicted octanol–water partition coefficient (Wildman–Crippen LogP) is 3.79. The molecule has 0 aliphatic rings. The molecule has 2 amide bonds. The van der Waals surface area contributed by atoms with Crippen LogP contribution in [0.4, 0.5) is 25.0 Å². The number of esters is 1. The first-order valence-electron chi connectivity index (χ1n) is 6.80. The molecule has 0 heterocycles. The fraction of sp³-hybridized carbons (Fsp3) is 0.125. The number of amides is 2. The maximum absolute atomic E-state index is 13.5. The summed E-state index contributed by atoms with van der Waals surface area (Å²) in [4.78, 5) is 23.4. The van der Waals surface area contributed by atoms with Crippen LogP contribution >= 0.6 is 0 Å². The molecule has 0 radical (unpaired) electrons. The Hall–Kier alpha value is -2.96. The smallest absolute Gasteiger partial charge is 0.338 e. The molecule has 0 unspecified atom stereocenters. The first-order valence-corrected chi connectivity index (χ1v) is 6.80. The first-order chi connectivity index (χ1) is 11.0. The summed E-state index contributed by atoms with van der Waals surface area (Å²) in [6.07, 6.45) is 0. The summed E-state index contributed by atoms with van der Waals surface area (Å²) in [5.41, 5.74) is 0.443. The lowest BCUT2D eigenvalue weighted by Crippen LogP contribution is -2.20. The Morgan fingerprint density at radius 2 is 1.87 bits per heavy atom. The van der Waals surface area contributed by atoms with Crippen molar-refractivity contribution in [3.63, 3.8) is 0 Å². The van der Waals surface area contributed by atoms with Gasteiger partial charge in [0.2, 0.25) is 0 Å². The van der Waals surface area contributed by atoms with Gasteiger partial charge in [0.15, 0.2) is 0 Å². The van der Waals surface area contributed by atoms with Gasteiger partial charge in [-0.15, -0.1) is 0 Å². The molecule has 0 aromatic heterocycles. The third kappa shape index (κ3) is 4.50. The zero-order chi connectivity index (χ0) is 16.8. The molecule has 23 heavy (non-hydrogen) atoms. The molecule has 0 saturated heterocycles. The normalized spacial score (nSPS) is 10.0. The lowest BCUT2D eigenvalue weighted by Gasteiger charge is -2.09. The predicted molar refractivity (Wildman–Crippen MR) is 81.4 cm³/mol. The Balaban J connectivity index is 2.05. The van der Waals surface area contributed by atoms with Crippen LogP contribution in [0.5, 0.6) is 0 Å². The molecule has 5 nitrogen and oxygen atoms in total. The SMILES string of the molecule is CCOC(=O)c1cccc(NC(=O)Nc2ccc(F)cc2F)c1. The lowest BCUT2D eigenvalue weighted by molar-refractivity contribution is 0.0526. The molecule has 7 heteroatoms. The zero-order valence-corrected chi connectivity index (χ0v) is 12.2. The number of urea groups is 1. The van der Waals surface area contributed by atoms with Gasteiger partial charge >= 0.3 is 12.0 Å². The molecular weight excluding hydrogens is 306 g/mol. The minimum absolute atomic E-state index is 0.162. The molecule has 0 bridgehead atoms. The molecule has 0 saturated carbocycles. The number of anilines is 2. The topological polar surface area (TPSA) is 67.4 Å². The van der Waals surface area contributed by atoms with Gasteiger partial charge in [0, 0.05) is 11.8 Å². The average molecular weight is 320 g/mol. The third-order valence-electron chi connectivity index (χ3n) is 2.81. The Morgan fingerprint density at radius 1 is 1.09 bits per heavy atom. The van der Waals surface area contributed by atoms with Crippen LogP contribution in [0.3, 0.4) is 0 Å². The maximum atomic E-state index is 13.5. The second-order valence-corrected chi connectivity index (χ2v) is 4.50. The van der Waals surface area contributed by atoms with Crippen molar-refractivity contribution in [2.24, 2.45) is 0 Å². The number of halogens is 2. The van der Waals surface area contributed by atoms with Crippen molar-refractivity contribution in [3.8, 4) is 0 Å². The van der Waals surface area contributed by atoms with Gasteiger partial charge in [-0.1, -0.05) is 6.07 Å². The van der Waals surface area contributed by atoms with E-state index in [1.807, 2.05) is 0 Å². The standard InChI is InChI=1S/C16H14F2N2O3/c1-2-23-15(21)10-4-3-5-12(8-10)19-16(22)20-14-7-6-11(17)9-13(14)18/h3-9H,2H2,1H3,(H2,19,20,22). The number of benzene rings is 2. The van der Waals surface area contributed by atoms with Crippen molar-refractivity contribution >= 4 is 23.4 Å². The van der Waals surface area contributed by atoms with E-state index in [1.165, 1.54) is 6.07 Å². The molecule has 120 valence electrons. The highest BCUT2D eigenvalue weighted by atomic mass is 19.1. The van der Waals surface area contributed by atoms with Crippen LogP contribution in [0.25, 0.3) is 0 Å². The fourth-order valence-electron chi connectivity index (χ4n) is 1.81. The summed E-state index contributed by atoms with van der Waals surface area (Å²) in [5.74, 6) is -2.14. The van der Waals surface area contributed by atoms with E-state index in [0.717, 1.165) is 12.1 Å². The quantitative estimate of drug-likeness (QED) is 0.842. The van der Waals surface area contributed by atoms with Gasteiger partial charge in [-0.2, -0.15) is 0 Å². The van der Waals surface area contributed by atoms with Crippen molar-refractivity contribution < 1.29 is 23.1 Å². The van der Waals surface area contributed by atoms with Crippen molar-refractivity contribution in [1.29, 1.82) is 0 Å². The summed E-state index contributed by atoms with van der Waals surface area (Å²) in [6.45, 7) is 1.92. The number of nitrogens with one attached hydrogen (secondary N) is 2. The highest BCUT2D eigenvalue weighted by Gasteiger charge is 2.10. The molecular formula is C16H14F2N2O3. The van der Waals surface area contributed by atoms with Gasteiger partial charge < -0.3 is 15.4 Å². The molecule has 2 N–H and O–H groups in total. The largest absolute Gasteiger partial charge is 0.462 e. The van der Waals surface area contributed by atoms with Crippen molar-refractivity contribution in [3.05, 3.63) is 59.7 Å². The van der Waals surface area contributed by atoms with E-state index in [9.17, 15) is 18.4 Å². The Kier molecular flexibility index (Phi) is 5.24. The summed E-state index contributed by atoms with van der Waals surface area (Å²) < 4.78 is 31.1. The van der Waals surface area contributed by atoms with Crippen LogP contribution in [0.2, 0.25) is 0 Å². The van der Waals surface area contributed by atoms with Gasteiger partial charge in [-0.25, -0.2) is 18.4 Å². The van der Waals surface area contributed by atoms with E-state index in [0.29, 0.717) is 11.8 Å². The van der Waals surface area contributed by atoms with Crippen molar-refractivity contribution in [2.45, 2.75) is 6.92 Å². The molecule has 2 aromatic rings. The van der Waals surface area contributed by atoms with Crippen LogP contribution in [0.15, 0.2) is 42.5 Å². The van der Waals surface area contributed by atoms with Gasteiger partial charge in [0.1, 0.15) is 11.6 Å². The fourth-order valence-corrected chi connectivity index (χ4v) is 1.81. The minimum atomic E-state index is -0.888. The van der Waals surface area contributed by atoms with Crippen LogP contribution in [-0.4, -0.2) is 18.6 Å². The van der Waals surface area contributed by atoms with E-state index < -0.39 is 23.6 Å². The first kappa shape index (κ1) is 16.4. The van der Waals surface area contributed by atoms with Crippen LogP contribution in [0, 0.1) is 11.6 Å². The van der Waals surface area contributed by atoms with Crippen LogP contribution in [-0.2, 0) is 4.74 Å². The van der Waals surface area contributed by atoms with Crippen molar-refractivity contribution in [1.82, 2.24) is 0 Å². The Labute approximate surface area is 131 Å². The lowest BCUT2D eigenvalue weighted by atomic mass is 10.2. The summed E-state index contributed by atoms with van der Waals surface area (Å²) in [6, 6.07) is 8.18. The van der Waals surface area contributed by atoms with E-state index in [2.05, 4.69) is 10.6 Å². The second kappa shape index (κ2) is 7.35. The summed E-state index contributed by atoms with van der Waals surface area (Å²) in [5, 5.41) is 4.70. The van der Waals surface area contributed by atoms with Gasteiger partial charge in [-0.05, 0) is 37.3 Å². The van der Waals surface area contributed by atoms with Crippen LogP contribution < -0.4 is 10.6 Å². The summed E-state index contributed by atoms with van der Waals surface area (Å²) >= 11 is 0. The van der Waals surface area contributed by atoms with E-state index in [1.54, 1.807) is 25.1 Å². The molecule has 0 fully saturated rings. The van der Waals surface area contributed by atoms with Gasteiger partial charge in [0.25, 0.3) is 0 Å². The highest BCUT2D eigenvalue weighted by Crippen LogP contribution is 2.16. The van der Waals surface area contributed by atoms with E-state index in [4.69, 9.17) is 4.74 Å². The number of carbonyl (C=O) groups excluding carboxylic acids is 2. The van der Waals surface area contributed by atoms with E-state index in [-0.39, 0.29) is 17.9 Å². The second-order valence-electron chi connectivity index (χ2n) is 4.50. The van der Waals surface area contributed by atoms with E-state index >= 15 is 0 Å². The van der Waals surface area contributed by atoms with Crippen molar-refractivity contribution in [2.75, 3.05) is 17.2 Å².